The van der Waals surface area contributed by atoms with Crippen molar-refractivity contribution >= 4 is 34.8 Å². The number of oxazole rings is 1. The number of piperidine rings is 1. The number of hydrogen-bond donors (Lipinski definition) is 0. The van der Waals surface area contributed by atoms with Crippen LogP contribution in [0.3, 0.4) is 0 Å². The molecule has 5 rings (SSSR count). The van der Waals surface area contributed by atoms with Gasteiger partial charge in [-0.2, -0.15) is 0 Å². The molecule has 0 saturated carbocycles. The number of amides is 1. The van der Waals surface area contributed by atoms with E-state index in [1.165, 1.54) is 11.3 Å². The van der Waals surface area contributed by atoms with E-state index in [0.29, 0.717) is 17.5 Å². The van der Waals surface area contributed by atoms with Gasteiger partial charge in [0.1, 0.15) is 5.76 Å². The minimum atomic E-state index is 0.0258. The molecule has 3 heterocycles. The topological polar surface area (TPSA) is 52.8 Å². The fourth-order valence-corrected chi connectivity index (χ4v) is 5.64. The number of halogens is 2. The molecule has 190 valence electrons. The molecule has 2 saturated heterocycles. The van der Waals surface area contributed by atoms with Gasteiger partial charge in [-0.25, -0.2) is 4.98 Å². The number of rotatable bonds is 5. The van der Waals surface area contributed by atoms with Gasteiger partial charge in [-0.3, -0.25) is 9.69 Å². The van der Waals surface area contributed by atoms with Gasteiger partial charge >= 0.3 is 0 Å². The molecule has 6 nitrogen and oxygen atoms in total. The van der Waals surface area contributed by atoms with Gasteiger partial charge < -0.3 is 14.2 Å². The molecule has 8 heteroatoms. The molecule has 0 radical (unpaired) electrons. The van der Waals surface area contributed by atoms with Crippen LogP contribution in [0.1, 0.15) is 29.9 Å². The molecular weight excluding hydrogens is 495 g/mol. The summed E-state index contributed by atoms with van der Waals surface area (Å²) in [7, 11) is 0. The number of carbonyl (C=O) groups excluding carboxylic acids is 1. The summed E-state index contributed by atoms with van der Waals surface area (Å²) in [4.78, 5) is 24.9. The van der Waals surface area contributed by atoms with Crippen molar-refractivity contribution in [2.75, 3.05) is 44.2 Å². The van der Waals surface area contributed by atoms with Crippen molar-refractivity contribution in [3.8, 4) is 11.5 Å². The van der Waals surface area contributed by atoms with Crippen LogP contribution in [0, 0.1) is 19.8 Å². The number of likely N-dealkylation sites (tertiary alicyclic amines) is 1. The van der Waals surface area contributed by atoms with Gasteiger partial charge in [-0.15, -0.1) is 0 Å². The zero-order valence-electron chi connectivity index (χ0n) is 20.8. The molecule has 36 heavy (non-hydrogen) atoms. The Bertz CT molecular complexity index is 1240. The van der Waals surface area contributed by atoms with Crippen molar-refractivity contribution in [3.05, 3.63) is 69.5 Å². The van der Waals surface area contributed by atoms with Crippen LogP contribution >= 0.6 is 23.2 Å². The third-order valence-corrected chi connectivity index (χ3v) is 7.77. The summed E-state index contributed by atoms with van der Waals surface area (Å²) < 4.78 is 5.94. The highest BCUT2D eigenvalue weighted by atomic mass is 35.5. The summed E-state index contributed by atoms with van der Waals surface area (Å²) in [5.41, 5.74) is 4.17. The number of carbonyl (C=O) groups is 1. The second kappa shape index (κ2) is 10.8. The van der Waals surface area contributed by atoms with E-state index in [1.807, 2.05) is 48.2 Å². The second-order valence-corrected chi connectivity index (χ2v) is 10.7. The number of piperazine rings is 1. The summed E-state index contributed by atoms with van der Waals surface area (Å²) in [6.07, 6.45) is 1.95. The maximum absolute atomic E-state index is 13.4. The van der Waals surface area contributed by atoms with Gasteiger partial charge in [0.25, 0.3) is 0 Å². The van der Waals surface area contributed by atoms with Crippen molar-refractivity contribution in [2.45, 2.75) is 33.2 Å². The van der Waals surface area contributed by atoms with E-state index in [4.69, 9.17) is 32.6 Å². The summed E-state index contributed by atoms with van der Waals surface area (Å²) in [6, 6.07) is 13.5. The van der Waals surface area contributed by atoms with E-state index < -0.39 is 0 Å². The molecule has 2 fully saturated rings. The molecule has 1 atom stereocenters. The molecule has 2 aromatic carbocycles. The molecule has 0 aliphatic carbocycles. The predicted molar refractivity (Wildman–Crippen MR) is 145 cm³/mol. The van der Waals surface area contributed by atoms with E-state index >= 15 is 0 Å². The number of hydrogen-bond acceptors (Lipinski definition) is 5. The highest BCUT2D eigenvalue weighted by Gasteiger charge is 2.32. The van der Waals surface area contributed by atoms with Crippen LogP contribution in [0.2, 0.25) is 10.0 Å². The Morgan fingerprint density at radius 3 is 2.58 bits per heavy atom. The van der Waals surface area contributed by atoms with Gasteiger partial charge in [0.15, 0.2) is 0 Å². The summed E-state index contributed by atoms with van der Waals surface area (Å²) in [5.74, 6) is 1.70. The smallest absolute Gasteiger partial charge is 0.227 e. The monoisotopic (exact) mass is 526 g/mol. The molecular formula is C28H32Cl2N4O2. The van der Waals surface area contributed by atoms with E-state index in [-0.39, 0.29) is 11.8 Å². The molecule has 0 unspecified atom stereocenters. The zero-order chi connectivity index (χ0) is 25.2. The first-order chi connectivity index (χ1) is 17.4. The predicted octanol–water partition coefficient (Wildman–Crippen LogP) is 5.83. The van der Waals surface area contributed by atoms with Crippen molar-refractivity contribution in [1.82, 2.24) is 14.8 Å². The Balaban J connectivity index is 1.18. The average Bonchev–Trinajstić information content (AvgIpc) is 3.25. The van der Waals surface area contributed by atoms with Gasteiger partial charge in [-0.05, 0) is 69.1 Å². The largest absolute Gasteiger partial charge is 0.441 e. The number of aromatic nitrogens is 1. The lowest BCUT2D eigenvalue weighted by atomic mass is 9.96. The van der Waals surface area contributed by atoms with Gasteiger partial charge in [0.2, 0.25) is 11.8 Å². The first kappa shape index (κ1) is 25.1. The first-order valence-corrected chi connectivity index (χ1v) is 13.4. The lowest BCUT2D eigenvalue weighted by Gasteiger charge is -2.40. The maximum Gasteiger partial charge on any atom is 0.227 e. The van der Waals surface area contributed by atoms with Crippen LogP contribution < -0.4 is 4.90 Å². The van der Waals surface area contributed by atoms with Crippen LogP contribution in [0.25, 0.3) is 11.5 Å². The van der Waals surface area contributed by atoms with Crippen LogP contribution in [0.4, 0.5) is 5.69 Å². The number of aryl methyl sites for hydroxylation is 2. The second-order valence-electron chi connectivity index (χ2n) is 9.85. The Kier molecular flexibility index (Phi) is 7.56. The number of benzene rings is 2. The van der Waals surface area contributed by atoms with Gasteiger partial charge in [-0.1, -0.05) is 35.3 Å². The van der Waals surface area contributed by atoms with Gasteiger partial charge in [0, 0.05) is 60.6 Å². The fourth-order valence-electron chi connectivity index (χ4n) is 5.28. The highest BCUT2D eigenvalue weighted by Crippen LogP contribution is 2.28. The van der Waals surface area contributed by atoms with Crippen LogP contribution in [-0.4, -0.2) is 60.0 Å². The van der Waals surface area contributed by atoms with E-state index in [2.05, 4.69) is 22.8 Å². The Morgan fingerprint density at radius 1 is 1.03 bits per heavy atom. The lowest BCUT2D eigenvalue weighted by Crippen LogP contribution is -2.52. The molecule has 3 aromatic rings. The van der Waals surface area contributed by atoms with Crippen LogP contribution in [0.5, 0.6) is 0 Å². The van der Waals surface area contributed by atoms with E-state index in [1.54, 1.807) is 0 Å². The normalized spacial score (nSPS) is 19.1. The maximum atomic E-state index is 13.4. The molecule has 2 aliphatic heterocycles. The number of nitrogens with zero attached hydrogens (tertiary/aromatic N) is 4. The highest BCUT2D eigenvalue weighted by molar-refractivity contribution is 6.31. The molecule has 1 aromatic heterocycles. The average molecular weight is 527 g/mol. The summed E-state index contributed by atoms with van der Waals surface area (Å²) in [5, 5.41) is 1.41. The molecule has 1 amide bonds. The quantitative estimate of drug-likeness (QED) is 0.418. The Hall–Kier alpha value is -2.54. The molecule has 0 spiro atoms. The summed E-state index contributed by atoms with van der Waals surface area (Å²) in [6.45, 7) is 9.59. The minimum absolute atomic E-state index is 0.0258. The van der Waals surface area contributed by atoms with Crippen LogP contribution in [0.15, 0.2) is 46.9 Å². The Morgan fingerprint density at radius 2 is 1.81 bits per heavy atom. The first-order valence-electron chi connectivity index (χ1n) is 12.6. The van der Waals surface area contributed by atoms with Crippen molar-refractivity contribution in [3.63, 3.8) is 0 Å². The fraction of sp³-hybridized carbons (Fsp3) is 0.429. The zero-order valence-corrected chi connectivity index (χ0v) is 22.4. The standard InChI is InChI=1S/C28H32Cl2N4O2/c1-19-8-9-24(30)16-26(19)33-11-13-34(14-12-33)28(35)22-6-4-10-32(17-22)18-25-20(2)36-27(31-25)21-5-3-7-23(29)15-21/h3,5,7-9,15-16,22H,4,6,10-14,17-18H2,1-2H3/t22-/m0/s1. The number of anilines is 1. The lowest BCUT2D eigenvalue weighted by molar-refractivity contribution is -0.137. The van der Waals surface area contributed by atoms with Crippen molar-refractivity contribution < 1.29 is 9.21 Å². The third kappa shape index (κ3) is 5.56. The molecule has 2 aliphatic rings. The molecule has 0 bridgehead atoms. The minimum Gasteiger partial charge on any atom is -0.441 e. The van der Waals surface area contributed by atoms with E-state index in [0.717, 1.165) is 74.2 Å². The molecule has 0 N–H and O–H groups in total. The van der Waals surface area contributed by atoms with Crippen molar-refractivity contribution in [2.24, 2.45) is 5.92 Å². The van der Waals surface area contributed by atoms with Crippen molar-refractivity contribution in [1.29, 1.82) is 0 Å². The van der Waals surface area contributed by atoms with Crippen LogP contribution in [-0.2, 0) is 11.3 Å². The summed E-state index contributed by atoms with van der Waals surface area (Å²) >= 11 is 12.4. The van der Waals surface area contributed by atoms with E-state index in [9.17, 15) is 4.79 Å². The third-order valence-electron chi connectivity index (χ3n) is 7.30. The van der Waals surface area contributed by atoms with Gasteiger partial charge in [0.05, 0.1) is 11.6 Å². The SMILES string of the molecule is Cc1ccc(Cl)cc1N1CCN(C(=O)[C@H]2CCCN(Cc3nc(-c4cccc(Cl)c4)oc3C)C2)CC1. The Labute approximate surface area is 222 Å².